The van der Waals surface area contributed by atoms with Gasteiger partial charge < -0.3 is 4.74 Å². The van der Waals surface area contributed by atoms with Gasteiger partial charge in [0.2, 0.25) is 0 Å². The van der Waals surface area contributed by atoms with Crippen molar-refractivity contribution < 1.29 is 19.1 Å². The Morgan fingerprint density at radius 2 is 2.00 bits per heavy atom. The Kier molecular flexibility index (Phi) is 5.59. The number of carbonyl (C=O) groups is 3. The van der Waals surface area contributed by atoms with Gasteiger partial charge in [-0.2, -0.15) is 0 Å². The van der Waals surface area contributed by atoms with Gasteiger partial charge in [0, 0.05) is 21.0 Å². The topological polar surface area (TPSA) is 60.4 Å². The van der Waals surface area contributed by atoms with Crippen molar-refractivity contribution in [3.8, 4) is 0 Å². The van der Waals surface area contributed by atoms with Crippen LogP contribution in [0.4, 0.5) is 0 Å². The molecule has 0 N–H and O–H groups in total. The number of carbonyl (C=O) groups excluding carboxylic acids is 3. The van der Waals surface area contributed by atoms with Crippen LogP contribution in [0.3, 0.4) is 0 Å². The van der Waals surface area contributed by atoms with Gasteiger partial charge >= 0.3 is 5.97 Å². The number of ether oxygens (including phenoxy) is 1. The molecule has 0 saturated heterocycles. The summed E-state index contributed by atoms with van der Waals surface area (Å²) in [5, 5.41) is 1.45. The van der Waals surface area contributed by atoms with E-state index in [-0.39, 0.29) is 18.2 Å². The van der Waals surface area contributed by atoms with Crippen LogP contribution in [0, 0.1) is 5.92 Å². The Labute approximate surface area is 153 Å². The van der Waals surface area contributed by atoms with E-state index in [0.29, 0.717) is 9.90 Å². The Balaban J connectivity index is 0.00000208. The van der Waals surface area contributed by atoms with Crippen LogP contribution in [0.5, 0.6) is 0 Å². The highest BCUT2D eigenvalue weighted by atomic mass is 35.5. The van der Waals surface area contributed by atoms with Crippen molar-refractivity contribution in [1.82, 2.24) is 0 Å². The minimum absolute atomic E-state index is 0. The van der Waals surface area contributed by atoms with E-state index in [1.54, 1.807) is 0 Å². The van der Waals surface area contributed by atoms with Crippen LogP contribution in [0.2, 0.25) is 5.02 Å². The molecule has 0 radical (unpaired) electrons. The maximum Gasteiger partial charge on any atom is 0.329 e. The molecule has 1 aromatic heterocycles. The Hall–Kier alpha value is -1.95. The third-order valence-electron chi connectivity index (χ3n) is 3.37. The monoisotopic (exact) mass is 382 g/mol. The van der Waals surface area contributed by atoms with E-state index in [9.17, 15) is 14.4 Å². The van der Waals surface area contributed by atoms with Gasteiger partial charge in [-0.3, -0.25) is 14.4 Å². The van der Waals surface area contributed by atoms with E-state index in [0.717, 1.165) is 16.2 Å². The third-order valence-corrected chi connectivity index (χ3v) is 5.03. The van der Waals surface area contributed by atoms with Crippen LogP contribution in [-0.2, 0) is 19.1 Å². The largest absolute Gasteiger partial charge is 0.430 e. The quantitative estimate of drug-likeness (QED) is 0.453. The lowest BCUT2D eigenvalue weighted by Gasteiger charge is -2.15. The number of esters is 1. The minimum atomic E-state index is -1.43. The van der Waals surface area contributed by atoms with Gasteiger partial charge in [0.05, 0.1) is 5.02 Å². The molecule has 124 valence electrons. The number of allylic oxidation sites excluding steroid dienone is 3. The van der Waals surface area contributed by atoms with Crippen LogP contribution in [0.1, 0.15) is 11.8 Å². The number of hydrogen-bond acceptors (Lipinski definition) is 5. The van der Waals surface area contributed by atoms with Gasteiger partial charge in [-0.1, -0.05) is 29.8 Å². The highest BCUT2D eigenvalue weighted by molar-refractivity contribution is 7.20. The van der Waals surface area contributed by atoms with Gasteiger partial charge in [0.25, 0.3) is 0 Å². The first-order valence-electron chi connectivity index (χ1n) is 6.80. The fourth-order valence-electron chi connectivity index (χ4n) is 2.30. The number of halogens is 2. The maximum absolute atomic E-state index is 12.1. The Morgan fingerprint density at radius 3 is 2.67 bits per heavy atom. The smallest absolute Gasteiger partial charge is 0.329 e. The highest BCUT2D eigenvalue weighted by Gasteiger charge is 2.36. The highest BCUT2D eigenvalue weighted by Crippen LogP contribution is 2.36. The van der Waals surface area contributed by atoms with E-state index in [2.05, 4.69) is 0 Å². The molecule has 0 bridgehead atoms. The molecule has 1 aliphatic heterocycles. The van der Waals surface area contributed by atoms with Gasteiger partial charge in [-0.05, 0) is 25.1 Å². The van der Waals surface area contributed by atoms with E-state index < -0.39 is 23.5 Å². The average molecular weight is 383 g/mol. The van der Waals surface area contributed by atoms with Crippen molar-refractivity contribution in [2.75, 3.05) is 0 Å². The number of fused-ring (bicyclic) bond motifs is 1. The molecule has 2 heterocycles. The number of thiophene rings is 1. The third kappa shape index (κ3) is 3.43. The summed E-state index contributed by atoms with van der Waals surface area (Å²) in [5.41, 5.74) is 0. The van der Waals surface area contributed by atoms with E-state index >= 15 is 0 Å². The predicted molar refractivity (Wildman–Crippen MR) is 96.5 cm³/mol. The molecule has 1 atom stereocenters. The standard InChI is InChI=1S/C17H11ClO4S.ClH/c1-9-8-12(20)15(17(21)22-9)11(19)6-7-14-16(18)10-4-2-3-5-13(10)23-14;/h2-8,15H,1H3;1H/b7-6+;. The lowest BCUT2D eigenvalue weighted by atomic mass is 9.96. The van der Waals surface area contributed by atoms with Crippen LogP contribution in [0.25, 0.3) is 16.2 Å². The summed E-state index contributed by atoms with van der Waals surface area (Å²) in [6, 6.07) is 7.60. The van der Waals surface area contributed by atoms with Gasteiger partial charge in [-0.15, -0.1) is 23.7 Å². The zero-order valence-corrected chi connectivity index (χ0v) is 14.8. The van der Waals surface area contributed by atoms with Crippen LogP contribution in [-0.4, -0.2) is 17.5 Å². The number of rotatable bonds is 3. The van der Waals surface area contributed by atoms with Crippen molar-refractivity contribution in [2.45, 2.75) is 6.92 Å². The molecule has 3 rings (SSSR count). The van der Waals surface area contributed by atoms with Crippen LogP contribution >= 0.6 is 35.3 Å². The van der Waals surface area contributed by atoms with Crippen LogP contribution < -0.4 is 0 Å². The molecule has 0 saturated carbocycles. The SMILES string of the molecule is CC1=CC(=O)C(C(=O)/C=C/c2sc3ccccc3c2Cl)C(=O)O1.Cl. The van der Waals surface area contributed by atoms with E-state index in [4.69, 9.17) is 16.3 Å². The molecule has 0 spiro atoms. The number of ketones is 2. The van der Waals surface area contributed by atoms with Crippen molar-refractivity contribution in [2.24, 2.45) is 5.92 Å². The summed E-state index contributed by atoms with van der Waals surface area (Å²) in [7, 11) is 0. The van der Waals surface area contributed by atoms with Crippen molar-refractivity contribution in [3.05, 3.63) is 52.1 Å². The van der Waals surface area contributed by atoms with Crippen molar-refractivity contribution in [3.63, 3.8) is 0 Å². The molecule has 0 amide bonds. The fourth-order valence-corrected chi connectivity index (χ4v) is 3.70. The summed E-state index contributed by atoms with van der Waals surface area (Å²) in [4.78, 5) is 36.4. The molecule has 0 fully saturated rings. The molecule has 1 unspecified atom stereocenters. The molecule has 7 heteroatoms. The van der Waals surface area contributed by atoms with Crippen LogP contribution in [0.15, 0.2) is 42.2 Å². The van der Waals surface area contributed by atoms with E-state index in [1.165, 1.54) is 30.4 Å². The second kappa shape index (κ2) is 7.30. The van der Waals surface area contributed by atoms with Gasteiger partial charge in [-0.25, -0.2) is 0 Å². The molecule has 24 heavy (non-hydrogen) atoms. The number of cyclic esters (lactones) is 1. The molecule has 4 nitrogen and oxygen atoms in total. The second-order valence-corrected chi connectivity index (χ2v) is 6.49. The zero-order valence-electron chi connectivity index (χ0n) is 12.4. The molecule has 1 aliphatic rings. The first-order chi connectivity index (χ1) is 11.0. The molecule has 0 aliphatic carbocycles. The molecular formula is C17H12Cl2O4S. The summed E-state index contributed by atoms with van der Waals surface area (Å²) < 4.78 is 5.83. The molecule has 2 aromatic rings. The normalized spacial score (nSPS) is 17.6. The summed E-state index contributed by atoms with van der Waals surface area (Å²) in [6.45, 7) is 1.49. The van der Waals surface area contributed by atoms with Gasteiger partial charge in [0.15, 0.2) is 17.5 Å². The molecular weight excluding hydrogens is 371 g/mol. The number of benzene rings is 1. The Morgan fingerprint density at radius 1 is 1.29 bits per heavy atom. The fraction of sp³-hybridized carbons (Fsp3) is 0.118. The van der Waals surface area contributed by atoms with Gasteiger partial charge in [0.1, 0.15) is 5.76 Å². The van der Waals surface area contributed by atoms with E-state index in [1.807, 2.05) is 24.3 Å². The lowest BCUT2D eigenvalue weighted by molar-refractivity contribution is -0.151. The number of hydrogen-bond donors (Lipinski definition) is 0. The van der Waals surface area contributed by atoms with Crippen molar-refractivity contribution in [1.29, 1.82) is 0 Å². The summed E-state index contributed by atoms with van der Waals surface area (Å²) in [5.74, 6) is -3.25. The minimum Gasteiger partial charge on any atom is -0.430 e. The predicted octanol–water partition coefficient (Wildman–Crippen LogP) is 4.20. The first kappa shape index (κ1) is 18.4. The second-order valence-electron chi connectivity index (χ2n) is 5.02. The van der Waals surface area contributed by atoms with Crippen molar-refractivity contribution >= 4 is 69.0 Å². The lowest BCUT2D eigenvalue weighted by Crippen LogP contribution is -2.34. The molecule has 1 aromatic carbocycles. The summed E-state index contributed by atoms with van der Waals surface area (Å²) >= 11 is 7.71. The Bertz CT molecular complexity index is 895. The first-order valence-corrected chi connectivity index (χ1v) is 7.99. The maximum atomic E-state index is 12.1. The average Bonchev–Trinajstić information content (AvgIpc) is 2.81. The zero-order chi connectivity index (χ0) is 16.6. The summed E-state index contributed by atoms with van der Waals surface area (Å²) in [6.07, 6.45) is 3.89.